The van der Waals surface area contributed by atoms with Crippen LogP contribution in [0.1, 0.15) is 17.3 Å². The molecule has 1 aromatic carbocycles. The molecule has 7 nitrogen and oxygen atoms in total. The minimum Gasteiger partial charge on any atom is -0.450 e. The topological polar surface area (TPSA) is 84.0 Å². The lowest BCUT2D eigenvalue weighted by Crippen LogP contribution is -2.50. The van der Waals surface area contributed by atoms with Crippen LogP contribution in [0.2, 0.25) is 5.02 Å². The number of benzene rings is 1. The molecule has 0 bridgehead atoms. The average molecular weight is 375 g/mol. The van der Waals surface area contributed by atoms with Crippen LogP contribution in [0.15, 0.2) is 23.1 Å². The molecule has 0 atom stereocenters. The van der Waals surface area contributed by atoms with E-state index in [0.29, 0.717) is 32.8 Å². The fraction of sp³-hybridized carbons (Fsp3) is 0.467. The monoisotopic (exact) mass is 374 g/mol. The summed E-state index contributed by atoms with van der Waals surface area (Å²) in [5, 5.41) is 0.195. The molecule has 0 spiro atoms. The number of rotatable bonds is 3. The maximum absolute atomic E-state index is 12.6. The van der Waals surface area contributed by atoms with Gasteiger partial charge < -0.3 is 14.5 Å². The van der Waals surface area contributed by atoms with Crippen LogP contribution in [0.25, 0.3) is 0 Å². The molecule has 1 aromatic rings. The Labute approximate surface area is 146 Å². The Kier molecular flexibility index (Phi) is 5.71. The van der Waals surface area contributed by atoms with E-state index in [1.807, 2.05) is 0 Å². The van der Waals surface area contributed by atoms with E-state index < -0.39 is 15.9 Å². The van der Waals surface area contributed by atoms with Gasteiger partial charge in [-0.25, -0.2) is 13.2 Å². The van der Waals surface area contributed by atoms with Crippen LogP contribution in [-0.4, -0.2) is 69.3 Å². The molecular formula is C15H19ClN2O5S. The van der Waals surface area contributed by atoms with Gasteiger partial charge in [0, 0.05) is 32.4 Å². The van der Waals surface area contributed by atoms with Crippen molar-refractivity contribution in [3.05, 3.63) is 28.8 Å². The summed E-state index contributed by atoms with van der Waals surface area (Å²) in [4.78, 5) is 27.4. The fourth-order valence-electron chi connectivity index (χ4n) is 2.38. The second-order valence-electron chi connectivity index (χ2n) is 5.39. The number of ether oxygens (including phenoxy) is 1. The molecule has 0 unspecified atom stereocenters. The van der Waals surface area contributed by atoms with E-state index in [4.69, 9.17) is 16.3 Å². The summed E-state index contributed by atoms with van der Waals surface area (Å²) >= 11 is 6.05. The predicted molar refractivity (Wildman–Crippen MR) is 89.1 cm³/mol. The third-order valence-corrected chi connectivity index (χ3v) is 5.13. The fourth-order valence-corrected chi connectivity index (χ4v) is 3.22. The molecule has 2 rings (SSSR count). The van der Waals surface area contributed by atoms with Gasteiger partial charge in [-0.15, -0.1) is 0 Å². The minimum atomic E-state index is -3.43. The van der Waals surface area contributed by atoms with Crippen molar-refractivity contribution in [1.29, 1.82) is 0 Å². The highest BCUT2D eigenvalue weighted by atomic mass is 35.5. The van der Waals surface area contributed by atoms with E-state index in [1.165, 1.54) is 23.1 Å². The summed E-state index contributed by atoms with van der Waals surface area (Å²) in [5.41, 5.74) is 0.143. The van der Waals surface area contributed by atoms with Gasteiger partial charge in [-0.1, -0.05) is 11.6 Å². The Morgan fingerprint density at radius 3 is 2.29 bits per heavy atom. The zero-order chi connectivity index (χ0) is 17.9. The van der Waals surface area contributed by atoms with Gasteiger partial charge in [0.1, 0.15) is 0 Å². The maximum Gasteiger partial charge on any atom is 0.409 e. The average Bonchev–Trinajstić information content (AvgIpc) is 2.54. The third kappa shape index (κ3) is 4.18. The molecule has 1 aliphatic heterocycles. The number of halogens is 1. The normalized spacial score (nSPS) is 15.3. The lowest BCUT2D eigenvalue weighted by molar-refractivity contribution is 0.0570. The number of piperazine rings is 1. The zero-order valence-corrected chi connectivity index (χ0v) is 15.1. The molecule has 0 aliphatic carbocycles. The van der Waals surface area contributed by atoms with Gasteiger partial charge >= 0.3 is 6.09 Å². The van der Waals surface area contributed by atoms with Crippen LogP contribution in [-0.2, 0) is 14.6 Å². The van der Waals surface area contributed by atoms with Crippen LogP contribution >= 0.6 is 11.6 Å². The number of hydrogen-bond donors (Lipinski definition) is 0. The lowest BCUT2D eigenvalue weighted by atomic mass is 10.2. The summed E-state index contributed by atoms with van der Waals surface area (Å²) < 4.78 is 28.2. The second-order valence-corrected chi connectivity index (χ2v) is 7.81. The van der Waals surface area contributed by atoms with Crippen molar-refractivity contribution in [2.45, 2.75) is 11.8 Å². The molecule has 9 heteroatoms. The van der Waals surface area contributed by atoms with E-state index >= 15 is 0 Å². The number of sulfone groups is 1. The lowest BCUT2D eigenvalue weighted by Gasteiger charge is -2.34. The van der Waals surface area contributed by atoms with Crippen molar-refractivity contribution in [3.63, 3.8) is 0 Å². The second kappa shape index (κ2) is 7.40. The van der Waals surface area contributed by atoms with Gasteiger partial charge in [-0.2, -0.15) is 0 Å². The molecule has 1 heterocycles. The van der Waals surface area contributed by atoms with E-state index in [-0.39, 0.29) is 21.4 Å². The van der Waals surface area contributed by atoms with Crippen molar-refractivity contribution in [1.82, 2.24) is 9.80 Å². The molecule has 1 fully saturated rings. The quantitative estimate of drug-likeness (QED) is 0.803. The van der Waals surface area contributed by atoms with Crippen molar-refractivity contribution >= 4 is 33.4 Å². The van der Waals surface area contributed by atoms with Crippen LogP contribution in [0, 0.1) is 0 Å². The molecule has 2 amide bonds. The SMILES string of the molecule is CCOC(=O)N1CCN(C(=O)c2cc(S(C)(=O)=O)ccc2Cl)CC1. The first kappa shape index (κ1) is 18.5. The summed E-state index contributed by atoms with van der Waals surface area (Å²) in [5.74, 6) is -0.353. The summed E-state index contributed by atoms with van der Waals surface area (Å²) in [7, 11) is -3.43. The Morgan fingerprint density at radius 2 is 1.75 bits per heavy atom. The molecule has 0 N–H and O–H groups in total. The number of amides is 2. The van der Waals surface area contributed by atoms with E-state index in [1.54, 1.807) is 11.8 Å². The van der Waals surface area contributed by atoms with Gasteiger partial charge in [0.05, 0.1) is 22.1 Å². The minimum absolute atomic E-state index is 0.0420. The van der Waals surface area contributed by atoms with Crippen molar-refractivity contribution in [2.24, 2.45) is 0 Å². The largest absolute Gasteiger partial charge is 0.450 e. The Morgan fingerprint density at radius 1 is 1.17 bits per heavy atom. The van der Waals surface area contributed by atoms with Crippen LogP contribution in [0.4, 0.5) is 4.79 Å². The van der Waals surface area contributed by atoms with Crippen molar-refractivity contribution in [2.75, 3.05) is 39.0 Å². The highest BCUT2D eigenvalue weighted by molar-refractivity contribution is 7.90. The van der Waals surface area contributed by atoms with Crippen LogP contribution in [0.5, 0.6) is 0 Å². The first-order valence-electron chi connectivity index (χ1n) is 7.44. The molecular weight excluding hydrogens is 356 g/mol. The van der Waals surface area contributed by atoms with Gasteiger partial charge in [0.25, 0.3) is 5.91 Å². The number of carbonyl (C=O) groups is 2. The Hall–Kier alpha value is -1.80. The number of hydrogen-bond acceptors (Lipinski definition) is 5. The van der Waals surface area contributed by atoms with Gasteiger partial charge in [0.15, 0.2) is 9.84 Å². The molecule has 0 saturated carbocycles. The van der Waals surface area contributed by atoms with E-state index in [2.05, 4.69) is 0 Å². The first-order valence-corrected chi connectivity index (χ1v) is 9.71. The maximum atomic E-state index is 12.6. The van der Waals surface area contributed by atoms with Gasteiger partial charge in [0.2, 0.25) is 0 Å². The molecule has 1 aliphatic rings. The molecule has 132 valence electrons. The summed E-state index contributed by atoms with van der Waals surface area (Å²) in [6, 6.07) is 4.06. The number of carbonyl (C=O) groups excluding carboxylic acids is 2. The smallest absolute Gasteiger partial charge is 0.409 e. The zero-order valence-electron chi connectivity index (χ0n) is 13.5. The Balaban J connectivity index is 2.12. The molecule has 0 radical (unpaired) electrons. The summed E-state index contributed by atoms with van der Waals surface area (Å²) in [6.45, 7) is 3.40. The number of nitrogens with zero attached hydrogens (tertiary/aromatic N) is 2. The van der Waals surface area contributed by atoms with Crippen LogP contribution < -0.4 is 0 Å². The third-order valence-electron chi connectivity index (χ3n) is 3.69. The van der Waals surface area contributed by atoms with E-state index in [9.17, 15) is 18.0 Å². The predicted octanol–water partition coefficient (Wildman–Crippen LogP) is 1.66. The van der Waals surface area contributed by atoms with Crippen LogP contribution in [0.3, 0.4) is 0 Å². The highest BCUT2D eigenvalue weighted by Gasteiger charge is 2.27. The van der Waals surface area contributed by atoms with Gasteiger partial charge in [-0.05, 0) is 25.1 Å². The van der Waals surface area contributed by atoms with Gasteiger partial charge in [-0.3, -0.25) is 4.79 Å². The van der Waals surface area contributed by atoms with Crippen molar-refractivity contribution < 1.29 is 22.7 Å². The first-order chi connectivity index (χ1) is 11.2. The molecule has 0 aromatic heterocycles. The van der Waals surface area contributed by atoms with E-state index in [0.717, 1.165) is 6.26 Å². The molecule has 1 saturated heterocycles. The summed E-state index contributed by atoms with van der Waals surface area (Å²) in [6.07, 6.45) is 0.671. The standard InChI is InChI=1S/C15H19ClN2O5S/c1-3-23-15(20)18-8-6-17(7-9-18)14(19)12-10-11(24(2,21)22)4-5-13(12)16/h4-5,10H,3,6-9H2,1-2H3. The van der Waals surface area contributed by atoms with Crippen molar-refractivity contribution in [3.8, 4) is 0 Å². The molecule has 24 heavy (non-hydrogen) atoms. The Bertz CT molecular complexity index is 742. The highest BCUT2D eigenvalue weighted by Crippen LogP contribution is 2.22.